The number of anilines is 3. The fraction of sp³-hybridized carbons (Fsp3) is 0.103. The summed E-state index contributed by atoms with van der Waals surface area (Å²) in [6.07, 6.45) is 0.741. The van der Waals surface area contributed by atoms with Crippen LogP contribution in [0.25, 0.3) is 0 Å². The van der Waals surface area contributed by atoms with Crippen molar-refractivity contribution in [2.75, 3.05) is 29.6 Å². The predicted octanol–water partition coefficient (Wildman–Crippen LogP) is 5.59. The van der Waals surface area contributed by atoms with Gasteiger partial charge in [-0.2, -0.15) is 0 Å². The smallest absolute Gasteiger partial charge is 0.255 e. The molecule has 0 bridgehead atoms. The average Bonchev–Trinajstić information content (AvgIpc) is 2.90. The molecule has 0 heterocycles. The van der Waals surface area contributed by atoms with E-state index in [4.69, 9.17) is 4.74 Å². The molecule has 2 amide bonds. The summed E-state index contributed by atoms with van der Waals surface area (Å²) in [5, 5.41) is 8.95. The standard InChI is InChI=1S/C29H27N3O3/c1-35-26-17-15-25(16-18-26)31-29(34)22-11-13-24(14-12-22)30-20-28(33)32-27-10-6-5-9-23(27)19-21-7-3-2-4-8-21/h2-18,30H,19-20H2,1H3,(H,31,34)(H,32,33). The molecular formula is C29H27N3O3. The van der Waals surface area contributed by atoms with Crippen LogP contribution in [0.5, 0.6) is 5.75 Å². The Labute approximate surface area is 205 Å². The maximum absolute atomic E-state index is 12.6. The molecule has 0 unspecified atom stereocenters. The summed E-state index contributed by atoms with van der Waals surface area (Å²) < 4.78 is 5.13. The molecule has 0 spiro atoms. The number of amides is 2. The quantitative estimate of drug-likeness (QED) is 0.301. The first kappa shape index (κ1) is 23.6. The van der Waals surface area contributed by atoms with Crippen molar-refractivity contribution in [2.45, 2.75) is 6.42 Å². The summed E-state index contributed by atoms with van der Waals surface area (Å²) in [5.41, 5.74) is 4.99. The molecule has 176 valence electrons. The Morgan fingerprint density at radius 1 is 0.714 bits per heavy atom. The van der Waals surface area contributed by atoms with E-state index in [0.717, 1.165) is 29.1 Å². The molecule has 6 heteroatoms. The van der Waals surface area contributed by atoms with Gasteiger partial charge in [0, 0.05) is 22.6 Å². The lowest BCUT2D eigenvalue weighted by molar-refractivity contribution is -0.114. The summed E-state index contributed by atoms with van der Waals surface area (Å²) in [6.45, 7) is 0.108. The molecule has 0 aliphatic rings. The highest BCUT2D eigenvalue weighted by Gasteiger charge is 2.09. The van der Waals surface area contributed by atoms with Crippen LogP contribution in [0.2, 0.25) is 0 Å². The third-order valence-electron chi connectivity index (χ3n) is 5.48. The molecule has 0 saturated carbocycles. The minimum absolute atomic E-state index is 0.108. The second-order valence-corrected chi connectivity index (χ2v) is 7.98. The molecule has 4 aromatic rings. The Balaban J connectivity index is 1.30. The van der Waals surface area contributed by atoms with Gasteiger partial charge in [0.15, 0.2) is 0 Å². The maximum atomic E-state index is 12.6. The van der Waals surface area contributed by atoms with Gasteiger partial charge in [-0.15, -0.1) is 0 Å². The van der Waals surface area contributed by atoms with Gasteiger partial charge < -0.3 is 20.7 Å². The molecular weight excluding hydrogens is 438 g/mol. The monoisotopic (exact) mass is 465 g/mol. The lowest BCUT2D eigenvalue weighted by Crippen LogP contribution is -2.22. The number of hydrogen-bond acceptors (Lipinski definition) is 4. The van der Waals surface area contributed by atoms with Crippen molar-refractivity contribution in [3.05, 3.63) is 120 Å². The van der Waals surface area contributed by atoms with Crippen molar-refractivity contribution in [3.63, 3.8) is 0 Å². The zero-order chi connectivity index (χ0) is 24.5. The van der Waals surface area contributed by atoms with Gasteiger partial charge in [0.2, 0.25) is 5.91 Å². The van der Waals surface area contributed by atoms with E-state index in [9.17, 15) is 9.59 Å². The number of hydrogen-bond donors (Lipinski definition) is 3. The van der Waals surface area contributed by atoms with Crippen molar-refractivity contribution in [3.8, 4) is 5.75 Å². The first-order valence-corrected chi connectivity index (χ1v) is 11.3. The maximum Gasteiger partial charge on any atom is 0.255 e. The number of para-hydroxylation sites is 1. The Bertz CT molecular complexity index is 1270. The third kappa shape index (κ3) is 6.71. The summed E-state index contributed by atoms with van der Waals surface area (Å²) in [7, 11) is 1.59. The highest BCUT2D eigenvalue weighted by molar-refractivity contribution is 6.04. The highest BCUT2D eigenvalue weighted by Crippen LogP contribution is 2.20. The van der Waals surface area contributed by atoms with Gasteiger partial charge >= 0.3 is 0 Å². The van der Waals surface area contributed by atoms with Crippen molar-refractivity contribution in [2.24, 2.45) is 0 Å². The van der Waals surface area contributed by atoms with Crippen molar-refractivity contribution in [1.82, 2.24) is 0 Å². The number of carbonyl (C=O) groups excluding carboxylic acids is 2. The van der Waals surface area contributed by atoms with E-state index in [1.54, 1.807) is 55.6 Å². The summed E-state index contributed by atoms with van der Waals surface area (Å²) in [6, 6.07) is 32.1. The van der Waals surface area contributed by atoms with Crippen LogP contribution < -0.4 is 20.7 Å². The second kappa shape index (κ2) is 11.5. The van der Waals surface area contributed by atoms with E-state index in [0.29, 0.717) is 11.3 Å². The molecule has 0 aromatic heterocycles. The fourth-order valence-corrected chi connectivity index (χ4v) is 3.61. The first-order valence-electron chi connectivity index (χ1n) is 11.3. The van der Waals surface area contributed by atoms with Gasteiger partial charge in [-0.3, -0.25) is 9.59 Å². The van der Waals surface area contributed by atoms with E-state index < -0.39 is 0 Å². The molecule has 35 heavy (non-hydrogen) atoms. The molecule has 0 fully saturated rings. The van der Waals surface area contributed by atoms with Gasteiger partial charge in [0.25, 0.3) is 5.91 Å². The number of nitrogens with one attached hydrogen (secondary N) is 3. The second-order valence-electron chi connectivity index (χ2n) is 7.98. The molecule has 0 aliphatic carbocycles. The Kier molecular flexibility index (Phi) is 7.76. The van der Waals surface area contributed by atoms with Gasteiger partial charge in [-0.25, -0.2) is 0 Å². The number of ether oxygens (including phenoxy) is 1. The van der Waals surface area contributed by atoms with E-state index in [-0.39, 0.29) is 18.4 Å². The molecule has 0 saturated heterocycles. The van der Waals surface area contributed by atoms with Crippen LogP contribution >= 0.6 is 0 Å². The van der Waals surface area contributed by atoms with Crippen LogP contribution in [0.15, 0.2) is 103 Å². The normalized spacial score (nSPS) is 10.3. The van der Waals surface area contributed by atoms with Crippen LogP contribution in [0.1, 0.15) is 21.5 Å². The third-order valence-corrected chi connectivity index (χ3v) is 5.48. The van der Waals surface area contributed by atoms with Crippen molar-refractivity contribution < 1.29 is 14.3 Å². The molecule has 6 nitrogen and oxygen atoms in total. The molecule has 3 N–H and O–H groups in total. The van der Waals surface area contributed by atoms with E-state index in [2.05, 4.69) is 28.1 Å². The van der Waals surface area contributed by atoms with E-state index in [1.165, 1.54) is 5.56 Å². The molecule has 0 aliphatic heterocycles. The van der Waals surface area contributed by atoms with Crippen LogP contribution in [-0.4, -0.2) is 25.5 Å². The van der Waals surface area contributed by atoms with Crippen LogP contribution in [-0.2, 0) is 11.2 Å². The van der Waals surface area contributed by atoms with Crippen molar-refractivity contribution in [1.29, 1.82) is 0 Å². The topological polar surface area (TPSA) is 79.5 Å². The molecule has 0 radical (unpaired) electrons. The van der Waals surface area contributed by atoms with Crippen LogP contribution in [0.3, 0.4) is 0 Å². The molecule has 0 atom stereocenters. The molecule has 4 aromatic carbocycles. The minimum atomic E-state index is -0.213. The van der Waals surface area contributed by atoms with Crippen molar-refractivity contribution >= 4 is 28.9 Å². The Hall–Kier alpha value is -4.58. The van der Waals surface area contributed by atoms with Gasteiger partial charge in [-0.05, 0) is 72.1 Å². The Morgan fingerprint density at radius 3 is 2.09 bits per heavy atom. The Morgan fingerprint density at radius 2 is 1.37 bits per heavy atom. The van der Waals surface area contributed by atoms with Crippen LogP contribution in [0, 0.1) is 0 Å². The predicted molar refractivity (Wildman–Crippen MR) is 140 cm³/mol. The van der Waals surface area contributed by atoms with Gasteiger partial charge in [-0.1, -0.05) is 48.5 Å². The largest absolute Gasteiger partial charge is 0.497 e. The van der Waals surface area contributed by atoms with Gasteiger partial charge in [0.1, 0.15) is 5.75 Å². The number of carbonyl (C=O) groups is 2. The average molecular weight is 466 g/mol. The highest BCUT2D eigenvalue weighted by atomic mass is 16.5. The summed E-state index contributed by atoms with van der Waals surface area (Å²) in [5.74, 6) is 0.364. The zero-order valence-electron chi connectivity index (χ0n) is 19.5. The summed E-state index contributed by atoms with van der Waals surface area (Å²) in [4.78, 5) is 25.1. The number of benzene rings is 4. The SMILES string of the molecule is COc1ccc(NC(=O)c2ccc(NCC(=O)Nc3ccccc3Cc3ccccc3)cc2)cc1. The number of rotatable bonds is 9. The lowest BCUT2D eigenvalue weighted by atomic mass is 10.0. The molecule has 4 rings (SSSR count). The fourth-order valence-electron chi connectivity index (χ4n) is 3.61. The first-order chi connectivity index (χ1) is 17.1. The van der Waals surface area contributed by atoms with Crippen LogP contribution in [0.4, 0.5) is 17.1 Å². The van der Waals surface area contributed by atoms with E-state index in [1.807, 2.05) is 42.5 Å². The van der Waals surface area contributed by atoms with E-state index >= 15 is 0 Å². The lowest BCUT2D eigenvalue weighted by Gasteiger charge is -2.12. The zero-order valence-corrected chi connectivity index (χ0v) is 19.5. The minimum Gasteiger partial charge on any atom is -0.497 e. The summed E-state index contributed by atoms with van der Waals surface area (Å²) >= 11 is 0. The van der Waals surface area contributed by atoms with Gasteiger partial charge in [0.05, 0.1) is 13.7 Å². The number of methoxy groups -OCH3 is 1.